The van der Waals surface area contributed by atoms with Crippen LogP contribution in [0.4, 0.5) is 0 Å². The molecule has 0 saturated heterocycles. The lowest BCUT2D eigenvalue weighted by molar-refractivity contribution is -0.150. The predicted molar refractivity (Wildman–Crippen MR) is 55.2 cm³/mol. The first-order valence-electron chi connectivity index (χ1n) is 4.87. The fourth-order valence-corrected chi connectivity index (χ4v) is 1.47. The van der Waals surface area contributed by atoms with E-state index in [4.69, 9.17) is 22.3 Å². The molecule has 0 spiro atoms. The number of aliphatic carboxylic acids is 1. The molecule has 14 heavy (non-hydrogen) atoms. The molecule has 0 aromatic carbocycles. The van der Waals surface area contributed by atoms with Crippen molar-refractivity contribution >= 4 is 5.97 Å². The molecule has 0 fully saturated rings. The molecular weight excluding hydrogens is 182 g/mol. The molecule has 0 amide bonds. The number of hydrogen-bond donors (Lipinski definition) is 4. The zero-order valence-electron chi connectivity index (χ0n) is 8.92. The minimum absolute atomic E-state index is 0.307. The molecule has 0 heterocycles. The van der Waals surface area contributed by atoms with Crippen LogP contribution in [-0.4, -0.2) is 16.9 Å². The van der Waals surface area contributed by atoms with Crippen molar-refractivity contribution in [3.8, 4) is 0 Å². The lowest BCUT2D eigenvalue weighted by atomic mass is 9.77. The van der Waals surface area contributed by atoms with Gasteiger partial charge >= 0.3 is 5.97 Å². The number of carboxylic acid groups (broad SMARTS) is 1. The van der Waals surface area contributed by atoms with Crippen molar-refractivity contribution in [3.63, 3.8) is 0 Å². The van der Waals surface area contributed by atoms with E-state index < -0.39 is 17.2 Å². The van der Waals surface area contributed by atoms with Gasteiger partial charge in [0.2, 0.25) is 0 Å². The van der Waals surface area contributed by atoms with Crippen LogP contribution in [0.1, 0.15) is 39.5 Å². The molecule has 84 valence electrons. The third-order valence-electron chi connectivity index (χ3n) is 2.84. The van der Waals surface area contributed by atoms with E-state index in [1.165, 1.54) is 0 Å². The Hall–Kier alpha value is -0.650. The predicted octanol–water partition coefficient (Wildman–Crippen LogP) is 0.188. The lowest BCUT2D eigenvalue weighted by Gasteiger charge is -2.29. The summed E-state index contributed by atoms with van der Waals surface area (Å²) in [6.45, 7) is 3.70. The topological polar surface area (TPSA) is 115 Å². The maximum absolute atomic E-state index is 11.1. The minimum Gasteiger partial charge on any atom is -0.481 e. The van der Waals surface area contributed by atoms with Gasteiger partial charge < -0.3 is 22.3 Å². The summed E-state index contributed by atoms with van der Waals surface area (Å²) in [5, 5.41) is 9.10. The van der Waals surface area contributed by atoms with Crippen molar-refractivity contribution in [2.24, 2.45) is 22.6 Å². The fourth-order valence-electron chi connectivity index (χ4n) is 1.47. The van der Waals surface area contributed by atoms with Gasteiger partial charge in [-0.25, -0.2) is 0 Å². The van der Waals surface area contributed by atoms with E-state index in [1.807, 2.05) is 13.8 Å². The van der Waals surface area contributed by atoms with Crippen LogP contribution >= 0.6 is 0 Å². The maximum atomic E-state index is 11.1. The van der Waals surface area contributed by atoms with Crippen LogP contribution in [-0.2, 0) is 4.79 Å². The van der Waals surface area contributed by atoms with E-state index >= 15 is 0 Å². The Balaban J connectivity index is 4.45. The Labute approximate surface area is 84.6 Å². The average molecular weight is 203 g/mol. The molecule has 0 rings (SSSR count). The van der Waals surface area contributed by atoms with E-state index in [-0.39, 0.29) is 0 Å². The van der Waals surface area contributed by atoms with Crippen molar-refractivity contribution < 1.29 is 9.90 Å². The smallest absolute Gasteiger partial charge is 0.309 e. The highest BCUT2D eigenvalue weighted by Gasteiger charge is 2.35. The summed E-state index contributed by atoms with van der Waals surface area (Å²) in [6, 6.07) is 0. The number of nitrogens with two attached hydrogens (primary N) is 3. The van der Waals surface area contributed by atoms with Crippen LogP contribution in [0.25, 0.3) is 0 Å². The van der Waals surface area contributed by atoms with Crippen molar-refractivity contribution in [1.82, 2.24) is 0 Å². The third-order valence-corrected chi connectivity index (χ3v) is 2.84. The molecule has 0 aromatic heterocycles. The normalized spacial score (nSPS) is 12.9. The summed E-state index contributed by atoms with van der Waals surface area (Å²) in [4.78, 5) is 11.1. The Bertz CT molecular complexity index is 195. The molecule has 0 aliphatic rings. The molecule has 0 radical (unpaired) electrons. The average Bonchev–Trinajstić information content (AvgIpc) is 2.04. The van der Waals surface area contributed by atoms with Gasteiger partial charge in [-0.15, -0.1) is 0 Å². The molecule has 0 aliphatic heterocycles. The van der Waals surface area contributed by atoms with Crippen LogP contribution in [0.3, 0.4) is 0 Å². The van der Waals surface area contributed by atoms with E-state index in [0.717, 1.165) is 0 Å². The van der Waals surface area contributed by atoms with Crippen molar-refractivity contribution in [3.05, 3.63) is 0 Å². The number of rotatable bonds is 6. The van der Waals surface area contributed by atoms with Gasteiger partial charge in [-0.2, -0.15) is 0 Å². The van der Waals surface area contributed by atoms with E-state index in [0.29, 0.717) is 25.7 Å². The van der Waals surface area contributed by atoms with Gasteiger partial charge in [0.25, 0.3) is 0 Å². The van der Waals surface area contributed by atoms with E-state index in [1.54, 1.807) is 0 Å². The molecule has 0 aromatic rings. The lowest BCUT2D eigenvalue weighted by Crippen LogP contribution is -2.58. The van der Waals surface area contributed by atoms with Crippen LogP contribution < -0.4 is 17.2 Å². The van der Waals surface area contributed by atoms with Crippen LogP contribution in [0, 0.1) is 5.41 Å². The van der Waals surface area contributed by atoms with Crippen molar-refractivity contribution in [2.75, 3.05) is 0 Å². The quantitative estimate of drug-likeness (QED) is 0.460. The molecule has 0 bridgehead atoms. The second kappa shape index (κ2) is 4.72. The Morgan fingerprint density at radius 1 is 1.14 bits per heavy atom. The summed E-state index contributed by atoms with van der Waals surface area (Å²) >= 11 is 0. The molecule has 7 N–H and O–H groups in total. The molecule has 5 nitrogen and oxygen atoms in total. The number of carboxylic acids is 1. The highest BCUT2D eigenvalue weighted by atomic mass is 16.4. The largest absolute Gasteiger partial charge is 0.481 e. The molecule has 0 saturated carbocycles. The van der Waals surface area contributed by atoms with Gasteiger partial charge in [-0.1, -0.05) is 13.8 Å². The van der Waals surface area contributed by atoms with Gasteiger partial charge in [0, 0.05) is 0 Å². The second-order valence-corrected chi connectivity index (χ2v) is 3.90. The zero-order valence-corrected chi connectivity index (χ0v) is 8.92. The first-order chi connectivity index (χ1) is 6.27. The van der Waals surface area contributed by atoms with Crippen LogP contribution in [0.5, 0.6) is 0 Å². The third kappa shape index (κ3) is 3.61. The van der Waals surface area contributed by atoms with Gasteiger partial charge in [-0.3, -0.25) is 4.79 Å². The number of hydrogen-bond acceptors (Lipinski definition) is 4. The van der Waals surface area contributed by atoms with Crippen molar-refractivity contribution in [1.29, 1.82) is 0 Å². The van der Waals surface area contributed by atoms with Crippen LogP contribution in [0.2, 0.25) is 0 Å². The summed E-state index contributed by atoms with van der Waals surface area (Å²) < 4.78 is 0. The molecule has 0 aliphatic carbocycles. The Morgan fingerprint density at radius 2 is 1.57 bits per heavy atom. The first-order valence-corrected chi connectivity index (χ1v) is 4.87. The maximum Gasteiger partial charge on any atom is 0.309 e. The van der Waals surface area contributed by atoms with Gasteiger partial charge in [-0.05, 0) is 25.7 Å². The molecule has 0 atom stereocenters. The monoisotopic (exact) mass is 203 g/mol. The molecule has 5 heteroatoms. The summed E-state index contributed by atoms with van der Waals surface area (Å²) in [5.74, 6) is -2.07. The Morgan fingerprint density at radius 3 is 1.79 bits per heavy atom. The summed E-state index contributed by atoms with van der Waals surface area (Å²) in [5.41, 5.74) is 15.5. The van der Waals surface area contributed by atoms with Gasteiger partial charge in [0.05, 0.1) is 5.41 Å². The first kappa shape index (κ1) is 13.4. The van der Waals surface area contributed by atoms with E-state index in [9.17, 15) is 4.79 Å². The zero-order chi connectivity index (χ0) is 11.4. The Kier molecular flexibility index (Phi) is 4.51. The molecule has 0 unspecified atom stereocenters. The fraction of sp³-hybridized carbons (Fsp3) is 0.889. The van der Waals surface area contributed by atoms with Gasteiger partial charge in [0.1, 0.15) is 5.79 Å². The summed E-state index contributed by atoms with van der Waals surface area (Å²) in [6.07, 6.45) is 1.85. The van der Waals surface area contributed by atoms with Crippen LogP contribution in [0.15, 0.2) is 0 Å². The standard InChI is InChI=1S/C9H21N3O2/c1-3-8(4-2,7(13)14)5-6-9(10,11)12/h3-6,10-12H2,1-2H3,(H,13,14). The second-order valence-electron chi connectivity index (χ2n) is 3.90. The minimum atomic E-state index is -1.27. The van der Waals surface area contributed by atoms with E-state index in [2.05, 4.69) is 0 Å². The highest BCUT2D eigenvalue weighted by molar-refractivity contribution is 5.74. The van der Waals surface area contributed by atoms with Crippen molar-refractivity contribution in [2.45, 2.75) is 45.3 Å². The molecular formula is C9H21N3O2. The SMILES string of the molecule is CCC(CC)(CCC(N)(N)N)C(=O)O. The summed E-state index contributed by atoms with van der Waals surface area (Å²) in [7, 11) is 0. The highest BCUT2D eigenvalue weighted by Crippen LogP contribution is 2.32. The number of carbonyl (C=O) groups is 1. The van der Waals surface area contributed by atoms with Gasteiger partial charge in [0.15, 0.2) is 0 Å².